The van der Waals surface area contributed by atoms with Crippen LogP contribution in [0.1, 0.15) is 163 Å². The van der Waals surface area contributed by atoms with E-state index < -0.39 is 26.5 Å². The van der Waals surface area contributed by atoms with Gasteiger partial charge in [0.05, 0.1) is 71.5 Å². The Bertz CT molecular complexity index is 2950. The standard InChI is InChI=1S/C14H21FO2S.C14H20O4.C13H18O3.2C12H16O2/c1-10-8-12(15)9-13(11(10)2)18(16,17)7-6-14(3,4)5;1-14(2,3)13(15)9-7-10(16-4)12(18-6)11(8-9)17-5;1-13(2,3)12(14)10-7-6-9(15-4)8-11(10)16-5;1-12(2,3)11(13)9-6-5-7-10(8-9)14-4;1-12(2,3)11(13)9-7-5-6-8-10(9)14-4/h8-9H,6-7H2,1-5H3;7-8H,1-6H3;6-8H,1-5H3;2*5-8H,1-4H3. The molecule has 0 aliphatic rings. The van der Waals surface area contributed by atoms with Crippen molar-refractivity contribution in [2.45, 2.75) is 129 Å². The van der Waals surface area contributed by atoms with Crippen LogP contribution in [0.3, 0.4) is 0 Å². The van der Waals surface area contributed by atoms with Gasteiger partial charge in [-0.25, -0.2) is 12.8 Å². The van der Waals surface area contributed by atoms with Crippen LogP contribution in [0.5, 0.6) is 40.2 Å². The molecule has 0 atom stereocenters. The summed E-state index contributed by atoms with van der Waals surface area (Å²) in [5, 5.41) is 0. The van der Waals surface area contributed by atoms with Crippen LogP contribution in [0, 0.1) is 46.7 Å². The van der Waals surface area contributed by atoms with Crippen molar-refractivity contribution < 1.29 is 65.1 Å². The molecule has 0 aliphatic carbocycles. The minimum Gasteiger partial charge on any atom is -0.497 e. The molecule has 442 valence electrons. The highest BCUT2D eigenvalue weighted by molar-refractivity contribution is 7.91. The summed E-state index contributed by atoms with van der Waals surface area (Å²) in [5.74, 6) is 3.97. The van der Waals surface area contributed by atoms with Gasteiger partial charge in [0.15, 0.2) is 44.5 Å². The molecule has 5 rings (SSSR count). The normalized spacial score (nSPS) is 11.5. The lowest BCUT2D eigenvalue weighted by atomic mass is 9.86. The Balaban J connectivity index is 0.000000502. The minimum absolute atomic E-state index is 0.0294. The van der Waals surface area contributed by atoms with Gasteiger partial charge in [0.1, 0.15) is 28.8 Å². The van der Waals surface area contributed by atoms with Crippen molar-refractivity contribution in [1.82, 2.24) is 0 Å². The van der Waals surface area contributed by atoms with E-state index >= 15 is 0 Å². The van der Waals surface area contributed by atoms with E-state index in [0.29, 0.717) is 74.3 Å². The minimum atomic E-state index is -3.41. The Labute approximate surface area is 478 Å². The van der Waals surface area contributed by atoms with E-state index in [1.165, 1.54) is 27.4 Å². The maximum Gasteiger partial charge on any atom is 0.203 e. The molecule has 5 aromatic carbocycles. The fourth-order valence-electron chi connectivity index (χ4n) is 7.13. The second-order valence-electron chi connectivity index (χ2n) is 24.2. The molecule has 0 N–H and O–H groups in total. The summed E-state index contributed by atoms with van der Waals surface area (Å²) in [5.41, 5.74) is 2.19. The molecule has 5 aromatic rings. The van der Waals surface area contributed by atoms with Gasteiger partial charge in [-0.05, 0) is 97.5 Å². The fraction of sp³-hybridized carbons (Fsp3) is 0.477. The first-order chi connectivity index (χ1) is 36.7. The summed E-state index contributed by atoms with van der Waals surface area (Å²) in [6.45, 7) is 32.2. The summed E-state index contributed by atoms with van der Waals surface area (Å²) in [6, 6.07) is 25.6. The van der Waals surface area contributed by atoms with Gasteiger partial charge in [-0.3, -0.25) is 19.2 Å². The molecule has 0 spiro atoms. The van der Waals surface area contributed by atoms with Gasteiger partial charge < -0.3 is 33.2 Å². The number of hydrogen-bond acceptors (Lipinski definition) is 13. The highest BCUT2D eigenvalue weighted by Gasteiger charge is 2.29. The lowest BCUT2D eigenvalue weighted by Gasteiger charge is -2.19. The number of rotatable bonds is 14. The Morgan fingerprint density at radius 3 is 1.30 bits per heavy atom. The first-order valence-electron chi connectivity index (χ1n) is 26.2. The number of methoxy groups -OCH3 is 7. The molecule has 0 fully saturated rings. The molecular formula is C65H91FO13S. The monoisotopic (exact) mass is 1130 g/mol. The van der Waals surface area contributed by atoms with E-state index in [4.69, 9.17) is 33.2 Å². The molecule has 0 unspecified atom stereocenters. The maximum absolute atomic E-state index is 13.3. The van der Waals surface area contributed by atoms with E-state index in [9.17, 15) is 32.0 Å². The van der Waals surface area contributed by atoms with Gasteiger partial charge in [0, 0.05) is 38.9 Å². The number of Topliss-reactive ketones (excluding diaryl/α,β-unsaturated/α-hetero) is 4. The fourth-order valence-corrected chi connectivity index (χ4v) is 9.15. The van der Waals surface area contributed by atoms with Crippen LogP contribution < -0.4 is 33.2 Å². The van der Waals surface area contributed by atoms with Gasteiger partial charge in [-0.1, -0.05) is 128 Å². The molecule has 15 heteroatoms. The number of carbonyl (C=O) groups excluding carboxylic acids is 4. The Morgan fingerprint density at radius 1 is 0.438 bits per heavy atom. The molecule has 0 saturated heterocycles. The zero-order valence-corrected chi connectivity index (χ0v) is 53.0. The lowest BCUT2D eigenvalue weighted by molar-refractivity contribution is 0.0849. The number of ketones is 4. The Morgan fingerprint density at radius 2 is 0.875 bits per heavy atom. The zero-order chi connectivity index (χ0) is 61.9. The Kier molecular flexibility index (Phi) is 26.9. The average Bonchev–Trinajstić information content (AvgIpc) is 3.39. The third-order valence-electron chi connectivity index (χ3n) is 12.0. The van der Waals surface area contributed by atoms with Crippen LogP contribution >= 0.6 is 0 Å². The van der Waals surface area contributed by atoms with Crippen LogP contribution in [-0.2, 0) is 9.84 Å². The first-order valence-corrected chi connectivity index (χ1v) is 27.8. The summed E-state index contributed by atoms with van der Waals surface area (Å²) in [4.78, 5) is 48.3. The number of carbonyl (C=O) groups is 4. The van der Waals surface area contributed by atoms with Gasteiger partial charge in [0.25, 0.3) is 0 Å². The number of sulfone groups is 1. The summed E-state index contributed by atoms with van der Waals surface area (Å²) >= 11 is 0. The molecule has 0 saturated carbocycles. The number of para-hydroxylation sites is 1. The topological polar surface area (TPSA) is 167 Å². The van der Waals surface area contributed by atoms with E-state index in [-0.39, 0.29) is 50.0 Å². The predicted octanol–water partition coefficient (Wildman–Crippen LogP) is 15.4. The maximum atomic E-state index is 13.3. The highest BCUT2D eigenvalue weighted by Crippen LogP contribution is 2.40. The summed E-state index contributed by atoms with van der Waals surface area (Å²) < 4.78 is 74.0. The molecule has 0 radical (unpaired) electrons. The van der Waals surface area contributed by atoms with Gasteiger partial charge in [0.2, 0.25) is 5.75 Å². The quantitative estimate of drug-likeness (QED) is 0.0965. The average molecular weight is 1130 g/mol. The molecule has 80 heavy (non-hydrogen) atoms. The van der Waals surface area contributed by atoms with Crippen molar-refractivity contribution >= 4 is 33.0 Å². The van der Waals surface area contributed by atoms with Crippen LogP contribution in [0.25, 0.3) is 0 Å². The SMILES string of the molecule is COc1cc(C(=O)C(C)(C)C)cc(OC)c1OC.COc1ccc(C(=O)C(C)(C)C)c(OC)c1.COc1cccc(C(=O)C(C)(C)C)c1.COc1ccccc1C(=O)C(C)(C)C.Cc1cc(F)cc(S(=O)(=O)CCC(C)(C)C)c1C. The van der Waals surface area contributed by atoms with Crippen molar-refractivity contribution in [1.29, 1.82) is 0 Å². The second-order valence-corrected chi connectivity index (χ2v) is 26.3. The van der Waals surface area contributed by atoms with Gasteiger partial charge in [-0.15, -0.1) is 0 Å². The molecule has 0 amide bonds. The van der Waals surface area contributed by atoms with Crippen LogP contribution in [-0.4, -0.2) is 87.1 Å². The number of ether oxygens (including phenoxy) is 7. The molecule has 0 heterocycles. The first kappa shape index (κ1) is 71.3. The van der Waals surface area contributed by atoms with Gasteiger partial charge in [-0.2, -0.15) is 0 Å². The molecule has 0 bridgehead atoms. The third kappa shape index (κ3) is 22.1. The molecular weight excluding hydrogens is 1040 g/mol. The number of hydrogen-bond donors (Lipinski definition) is 0. The second kappa shape index (κ2) is 30.2. The smallest absolute Gasteiger partial charge is 0.203 e. The van der Waals surface area contributed by atoms with E-state index in [0.717, 1.165) is 11.8 Å². The number of benzene rings is 5. The van der Waals surface area contributed by atoms with Gasteiger partial charge >= 0.3 is 0 Å². The third-order valence-corrected chi connectivity index (χ3v) is 13.9. The lowest BCUT2D eigenvalue weighted by Crippen LogP contribution is -2.20. The van der Waals surface area contributed by atoms with E-state index in [2.05, 4.69) is 0 Å². The molecule has 0 aliphatic heterocycles. The van der Waals surface area contributed by atoms with Crippen LogP contribution in [0.4, 0.5) is 4.39 Å². The van der Waals surface area contributed by atoms with E-state index in [1.807, 2.05) is 134 Å². The largest absolute Gasteiger partial charge is 0.497 e. The van der Waals surface area contributed by atoms with E-state index in [1.54, 1.807) is 90.8 Å². The highest BCUT2D eigenvalue weighted by atomic mass is 32.2. The van der Waals surface area contributed by atoms with Crippen molar-refractivity contribution in [3.63, 3.8) is 0 Å². The van der Waals surface area contributed by atoms with Crippen LogP contribution in [0.2, 0.25) is 0 Å². The summed E-state index contributed by atoms with van der Waals surface area (Å²) in [6.07, 6.45) is 0.560. The summed E-state index contributed by atoms with van der Waals surface area (Å²) in [7, 11) is 7.49. The van der Waals surface area contributed by atoms with Crippen molar-refractivity contribution in [3.05, 3.63) is 130 Å². The zero-order valence-electron chi connectivity index (χ0n) is 52.2. The molecule has 13 nitrogen and oxygen atoms in total. The van der Waals surface area contributed by atoms with Crippen LogP contribution in [0.15, 0.2) is 95.9 Å². The number of aryl methyl sites for hydroxylation is 1. The van der Waals surface area contributed by atoms with Crippen molar-refractivity contribution in [2.75, 3.05) is 55.5 Å². The van der Waals surface area contributed by atoms with Crippen molar-refractivity contribution in [2.24, 2.45) is 27.1 Å². The number of halogens is 1. The van der Waals surface area contributed by atoms with Crippen molar-refractivity contribution in [3.8, 4) is 40.2 Å². The Hall–Kier alpha value is -6.74. The predicted molar refractivity (Wildman–Crippen MR) is 319 cm³/mol. The molecule has 0 aromatic heterocycles.